The molecule has 0 aromatic carbocycles. The van der Waals surface area contributed by atoms with Gasteiger partial charge in [0, 0.05) is 19.2 Å². The fraction of sp³-hybridized carbons (Fsp3) is 0.636. The number of carbonyl (C=O) groups is 1. The zero-order valence-corrected chi connectivity index (χ0v) is 9.69. The van der Waals surface area contributed by atoms with Gasteiger partial charge < -0.3 is 14.7 Å². The number of hydrogen-bond acceptors (Lipinski definition) is 4. The molecule has 1 unspecified atom stereocenters. The molecular weight excluding hydrogens is 206 g/mol. The summed E-state index contributed by atoms with van der Waals surface area (Å²) in [6.07, 6.45) is 1.06. The Kier molecular flexibility index (Phi) is 3.24. The Balaban J connectivity index is 1.97. The Morgan fingerprint density at radius 3 is 3.19 bits per heavy atom. The lowest BCUT2D eigenvalue weighted by molar-refractivity contribution is 0.0777. The third kappa shape index (κ3) is 2.24. The first kappa shape index (κ1) is 11.1. The molecule has 1 aliphatic rings. The first-order valence-electron chi connectivity index (χ1n) is 5.58. The highest BCUT2D eigenvalue weighted by Gasteiger charge is 2.27. The molecule has 0 bridgehead atoms. The van der Waals surface area contributed by atoms with E-state index in [4.69, 9.17) is 4.52 Å². The lowest BCUT2D eigenvalue weighted by atomic mass is 10.1. The molecule has 1 fully saturated rings. The highest BCUT2D eigenvalue weighted by molar-refractivity contribution is 5.92. The van der Waals surface area contributed by atoms with Gasteiger partial charge in [-0.3, -0.25) is 4.79 Å². The topological polar surface area (TPSA) is 58.4 Å². The summed E-state index contributed by atoms with van der Waals surface area (Å²) in [4.78, 5) is 13.8. The minimum Gasteiger partial charge on any atom is -0.361 e. The number of carbonyl (C=O) groups excluding carboxylic acids is 1. The lowest BCUT2D eigenvalue weighted by Gasteiger charge is -2.14. The maximum Gasteiger partial charge on any atom is 0.276 e. The van der Waals surface area contributed by atoms with Crippen LogP contribution < -0.4 is 5.32 Å². The zero-order valence-electron chi connectivity index (χ0n) is 9.69. The van der Waals surface area contributed by atoms with Gasteiger partial charge >= 0.3 is 0 Å². The number of rotatable bonds is 3. The van der Waals surface area contributed by atoms with Gasteiger partial charge in [-0.1, -0.05) is 5.16 Å². The molecule has 5 heteroatoms. The average molecular weight is 223 g/mol. The van der Waals surface area contributed by atoms with Crippen molar-refractivity contribution < 1.29 is 9.32 Å². The Hall–Kier alpha value is -1.36. The van der Waals surface area contributed by atoms with Gasteiger partial charge in [-0.05, 0) is 32.9 Å². The summed E-state index contributed by atoms with van der Waals surface area (Å²) < 4.78 is 4.91. The van der Waals surface area contributed by atoms with E-state index < -0.39 is 0 Å². The van der Waals surface area contributed by atoms with Crippen LogP contribution in [0.1, 0.15) is 22.7 Å². The van der Waals surface area contributed by atoms with Gasteiger partial charge in [0.25, 0.3) is 5.91 Å². The second kappa shape index (κ2) is 4.65. The summed E-state index contributed by atoms with van der Waals surface area (Å²) in [6.45, 7) is 4.38. The Bertz CT molecular complexity index is 375. The van der Waals surface area contributed by atoms with Crippen molar-refractivity contribution in [2.24, 2.45) is 5.92 Å². The van der Waals surface area contributed by atoms with Crippen LogP contribution in [0.15, 0.2) is 10.6 Å². The molecular formula is C11H17N3O2. The van der Waals surface area contributed by atoms with Crippen LogP contribution in [0.4, 0.5) is 0 Å². The Morgan fingerprint density at radius 1 is 1.75 bits per heavy atom. The third-order valence-electron chi connectivity index (χ3n) is 2.91. The summed E-state index contributed by atoms with van der Waals surface area (Å²) in [6, 6.07) is 1.69. The first-order valence-corrected chi connectivity index (χ1v) is 5.58. The molecule has 1 saturated heterocycles. The van der Waals surface area contributed by atoms with Crippen LogP contribution in [0.2, 0.25) is 0 Å². The van der Waals surface area contributed by atoms with Gasteiger partial charge in [-0.15, -0.1) is 0 Å². The highest BCUT2D eigenvalue weighted by Crippen LogP contribution is 2.17. The number of hydrogen-bond donors (Lipinski definition) is 1. The number of nitrogens with one attached hydrogen (secondary N) is 1. The molecule has 0 saturated carbocycles. The number of aryl methyl sites for hydroxylation is 1. The molecule has 2 heterocycles. The molecule has 5 nitrogen and oxygen atoms in total. The molecule has 0 aliphatic carbocycles. The van der Waals surface area contributed by atoms with E-state index in [1.54, 1.807) is 13.0 Å². The minimum absolute atomic E-state index is 0.0181. The normalized spacial score (nSPS) is 20.4. The molecule has 1 N–H and O–H groups in total. The smallest absolute Gasteiger partial charge is 0.276 e. The Morgan fingerprint density at radius 2 is 2.56 bits per heavy atom. The summed E-state index contributed by atoms with van der Waals surface area (Å²) in [5.74, 6) is 1.21. The molecule has 1 aliphatic heterocycles. The predicted octanol–water partition coefficient (Wildman–Crippen LogP) is 0.665. The van der Waals surface area contributed by atoms with Crippen LogP contribution in [0, 0.1) is 12.8 Å². The van der Waals surface area contributed by atoms with Crippen molar-refractivity contribution in [2.75, 3.05) is 26.7 Å². The second-order valence-electron chi connectivity index (χ2n) is 4.29. The van der Waals surface area contributed by atoms with Gasteiger partial charge in [-0.2, -0.15) is 0 Å². The summed E-state index contributed by atoms with van der Waals surface area (Å²) in [5, 5.41) is 6.89. The van der Waals surface area contributed by atoms with Crippen molar-refractivity contribution in [2.45, 2.75) is 13.3 Å². The number of amides is 1. The van der Waals surface area contributed by atoms with Gasteiger partial charge in [0.2, 0.25) is 0 Å². The van der Waals surface area contributed by atoms with Gasteiger partial charge in [0.15, 0.2) is 5.69 Å². The standard InChI is InChI=1S/C11H17N3O2/c1-8-5-10(13-16-8)11(15)14-4-3-9(7-14)6-12-2/h5,9,12H,3-4,6-7H2,1-2H3. The molecule has 16 heavy (non-hydrogen) atoms. The van der Waals surface area contributed by atoms with E-state index in [0.29, 0.717) is 17.4 Å². The van der Waals surface area contributed by atoms with E-state index >= 15 is 0 Å². The molecule has 1 aromatic heterocycles. The maximum absolute atomic E-state index is 12.0. The van der Waals surface area contributed by atoms with Crippen LogP contribution in [-0.4, -0.2) is 42.6 Å². The number of likely N-dealkylation sites (tertiary alicyclic amines) is 1. The maximum atomic E-state index is 12.0. The van der Waals surface area contributed by atoms with Crippen molar-refractivity contribution in [3.63, 3.8) is 0 Å². The van der Waals surface area contributed by atoms with Crippen LogP contribution in [0.3, 0.4) is 0 Å². The molecule has 1 amide bonds. The van der Waals surface area contributed by atoms with E-state index in [0.717, 1.165) is 26.1 Å². The van der Waals surface area contributed by atoms with E-state index in [2.05, 4.69) is 10.5 Å². The first-order chi connectivity index (χ1) is 7.70. The molecule has 1 atom stereocenters. The van der Waals surface area contributed by atoms with Crippen molar-refractivity contribution in [1.29, 1.82) is 0 Å². The van der Waals surface area contributed by atoms with Crippen molar-refractivity contribution in [1.82, 2.24) is 15.4 Å². The number of nitrogens with zero attached hydrogens (tertiary/aromatic N) is 2. The zero-order chi connectivity index (χ0) is 11.5. The van der Waals surface area contributed by atoms with Crippen molar-refractivity contribution in [3.8, 4) is 0 Å². The van der Waals surface area contributed by atoms with Gasteiger partial charge in [0.05, 0.1) is 0 Å². The second-order valence-corrected chi connectivity index (χ2v) is 4.29. The van der Waals surface area contributed by atoms with Crippen LogP contribution in [0.5, 0.6) is 0 Å². The Labute approximate surface area is 94.8 Å². The highest BCUT2D eigenvalue weighted by atomic mass is 16.5. The van der Waals surface area contributed by atoms with E-state index in [-0.39, 0.29) is 5.91 Å². The predicted molar refractivity (Wildman–Crippen MR) is 59.2 cm³/mol. The van der Waals surface area contributed by atoms with Crippen LogP contribution in [-0.2, 0) is 0 Å². The lowest BCUT2D eigenvalue weighted by Crippen LogP contribution is -2.30. The van der Waals surface area contributed by atoms with Crippen LogP contribution in [0.25, 0.3) is 0 Å². The summed E-state index contributed by atoms with van der Waals surface area (Å²) in [7, 11) is 1.94. The third-order valence-corrected chi connectivity index (χ3v) is 2.91. The molecule has 88 valence electrons. The van der Waals surface area contributed by atoms with Crippen molar-refractivity contribution >= 4 is 5.91 Å². The fourth-order valence-corrected chi connectivity index (χ4v) is 2.10. The molecule has 0 radical (unpaired) electrons. The van der Waals surface area contributed by atoms with E-state index in [1.807, 2.05) is 11.9 Å². The SMILES string of the molecule is CNCC1CCN(C(=O)c2cc(C)on2)C1. The van der Waals surface area contributed by atoms with Crippen molar-refractivity contribution in [3.05, 3.63) is 17.5 Å². The van der Waals surface area contributed by atoms with E-state index in [9.17, 15) is 4.79 Å². The average Bonchev–Trinajstić information content (AvgIpc) is 2.87. The summed E-state index contributed by atoms with van der Waals surface area (Å²) >= 11 is 0. The monoisotopic (exact) mass is 223 g/mol. The fourth-order valence-electron chi connectivity index (χ4n) is 2.10. The number of aromatic nitrogens is 1. The molecule has 2 rings (SSSR count). The molecule has 1 aromatic rings. The largest absolute Gasteiger partial charge is 0.361 e. The van der Waals surface area contributed by atoms with Gasteiger partial charge in [-0.25, -0.2) is 0 Å². The minimum atomic E-state index is -0.0181. The molecule has 0 spiro atoms. The van der Waals surface area contributed by atoms with Crippen LogP contribution >= 0.6 is 0 Å². The van der Waals surface area contributed by atoms with E-state index in [1.165, 1.54) is 0 Å². The quantitative estimate of drug-likeness (QED) is 0.818. The summed E-state index contributed by atoms with van der Waals surface area (Å²) in [5.41, 5.74) is 0.419. The van der Waals surface area contributed by atoms with Gasteiger partial charge in [0.1, 0.15) is 5.76 Å².